The van der Waals surface area contributed by atoms with Crippen LogP contribution in [0.25, 0.3) is 11.0 Å². The van der Waals surface area contributed by atoms with Gasteiger partial charge in [-0.2, -0.15) is 0 Å². The van der Waals surface area contributed by atoms with Crippen molar-refractivity contribution < 1.29 is 0 Å². The molecule has 1 N–H and O–H groups in total. The van der Waals surface area contributed by atoms with Gasteiger partial charge in [0.2, 0.25) is 0 Å². The molecular weight excluding hydrogens is 314 g/mol. The first-order valence-corrected chi connectivity index (χ1v) is 7.17. The van der Waals surface area contributed by atoms with Crippen molar-refractivity contribution in [2.24, 2.45) is 0 Å². The number of pyridine rings is 2. The van der Waals surface area contributed by atoms with Crippen molar-refractivity contribution in [3.8, 4) is 0 Å². The monoisotopic (exact) mass is 327 g/mol. The van der Waals surface area contributed by atoms with E-state index in [9.17, 15) is 0 Å². The van der Waals surface area contributed by atoms with Crippen molar-refractivity contribution in [2.45, 2.75) is 13.8 Å². The van der Waals surface area contributed by atoms with Gasteiger partial charge in [-0.25, -0.2) is 0 Å². The summed E-state index contributed by atoms with van der Waals surface area (Å²) in [5, 5.41) is 3.44. The van der Waals surface area contributed by atoms with Gasteiger partial charge in [0, 0.05) is 22.6 Å². The molecule has 2 heterocycles. The zero-order chi connectivity index (χ0) is 14.1. The SMILES string of the molecule is Cc1ccc(Nc2ccnc3cc(Br)cnc23)c(C)c1. The summed E-state index contributed by atoms with van der Waals surface area (Å²) >= 11 is 3.42. The number of aromatic nitrogens is 2. The van der Waals surface area contributed by atoms with Crippen LogP contribution in [-0.4, -0.2) is 9.97 Å². The number of hydrogen-bond acceptors (Lipinski definition) is 3. The third-order valence-corrected chi connectivity index (χ3v) is 3.63. The van der Waals surface area contributed by atoms with Crippen molar-refractivity contribution in [2.75, 3.05) is 5.32 Å². The minimum Gasteiger partial charge on any atom is -0.353 e. The Morgan fingerprint density at radius 2 is 1.85 bits per heavy atom. The summed E-state index contributed by atoms with van der Waals surface area (Å²) in [6.45, 7) is 4.19. The minimum absolute atomic E-state index is 0.870. The summed E-state index contributed by atoms with van der Waals surface area (Å²) in [4.78, 5) is 8.80. The van der Waals surface area contributed by atoms with E-state index in [1.807, 2.05) is 12.1 Å². The number of hydrogen-bond donors (Lipinski definition) is 1. The van der Waals surface area contributed by atoms with Crippen LogP contribution in [0.15, 0.2) is 47.2 Å². The molecular formula is C16H14BrN3. The van der Waals surface area contributed by atoms with E-state index < -0.39 is 0 Å². The predicted molar refractivity (Wildman–Crippen MR) is 86.4 cm³/mol. The molecule has 0 saturated carbocycles. The lowest BCUT2D eigenvalue weighted by Gasteiger charge is -2.11. The van der Waals surface area contributed by atoms with Crippen molar-refractivity contribution in [3.63, 3.8) is 0 Å². The normalized spacial score (nSPS) is 10.8. The lowest BCUT2D eigenvalue weighted by molar-refractivity contribution is 1.31. The van der Waals surface area contributed by atoms with Gasteiger partial charge in [0.1, 0.15) is 5.52 Å². The van der Waals surface area contributed by atoms with Gasteiger partial charge in [0.25, 0.3) is 0 Å². The molecule has 0 aliphatic carbocycles. The standard InChI is InChI=1S/C16H14BrN3/c1-10-3-4-13(11(2)7-10)20-14-5-6-18-15-8-12(17)9-19-16(14)15/h3-9H,1-2H3,(H,18,20). The van der Waals surface area contributed by atoms with Gasteiger partial charge in [-0.1, -0.05) is 17.7 Å². The molecule has 0 spiro atoms. The quantitative estimate of drug-likeness (QED) is 0.737. The zero-order valence-electron chi connectivity index (χ0n) is 11.3. The summed E-state index contributed by atoms with van der Waals surface area (Å²) in [5.41, 5.74) is 6.27. The highest BCUT2D eigenvalue weighted by atomic mass is 79.9. The zero-order valence-corrected chi connectivity index (χ0v) is 12.9. The first kappa shape index (κ1) is 13.1. The largest absolute Gasteiger partial charge is 0.353 e. The van der Waals surface area contributed by atoms with Gasteiger partial charge in [-0.05, 0) is 53.5 Å². The van der Waals surface area contributed by atoms with Crippen LogP contribution in [0, 0.1) is 13.8 Å². The van der Waals surface area contributed by atoms with Crippen LogP contribution in [0.5, 0.6) is 0 Å². The maximum absolute atomic E-state index is 4.45. The number of benzene rings is 1. The molecule has 0 unspecified atom stereocenters. The second-order valence-corrected chi connectivity index (χ2v) is 5.74. The number of aryl methyl sites for hydroxylation is 2. The average molecular weight is 328 g/mol. The molecule has 0 fully saturated rings. The minimum atomic E-state index is 0.870. The smallest absolute Gasteiger partial charge is 0.112 e. The van der Waals surface area contributed by atoms with Gasteiger partial charge >= 0.3 is 0 Å². The number of rotatable bonds is 2. The Labute approximate surface area is 126 Å². The Balaban J connectivity index is 2.06. The summed E-state index contributed by atoms with van der Waals surface area (Å²) in [5.74, 6) is 0. The molecule has 0 bridgehead atoms. The molecule has 0 aliphatic heterocycles. The Bertz CT molecular complexity index is 784. The molecule has 0 amide bonds. The third-order valence-electron chi connectivity index (χ3n) is 3.20. The van der Waals surface area contributed by atoms with E-state index in [4.69, 9.17) is 0 Å². The molecule has 0 atom stereocenters. The van der Waals surface area contributed by atoms with E-state index in [0.29, 0.717) is 0 Å². The predicted octanol–water partition coefficient (Wildman–Crippen LogP) is 4.75. The van der Waals surface area contributed by atoms with Crippen LogP contribution in [0.2, 0.25) is 0 Å². The van der Waals surface area contributed by atoms with Crippen LogP contribution < -0.4 is 5.32 Å². The van der Waals surface area contributed by atoms with Gasteiger partial charge in [0.05, 0.1) is 11.2 Å². The molecule has 3 aromatic rings. The number of anilines is 2. The molecule has 0 aliphatic rings. The highest BCUT2D eigenvalue weighted by Gasteiger charge is 2.06. The van der Waals surface area contributed by atoms with E-state index in [1.165, 1.54) is 11.1 Å². The Morgan fingerprint density at radius 3 is 2.65 bits per heavy atom. The molecule has 0 radical (unpaired) electrons. The van der Waals surface area contributed by atoms with Crippen molar-refractivity contribution >= 4 is 38.3 Å². The molecule has 3 rings (SSSR count). The number of halogens is 1. The third kappa shape index (κ3) is 2.51. The molecule has 0 saturated heterocycles. The number of nitrogens with one attached hydrogen (secondary N) is 1. The summed E-state index contributed by atoms with van der Waals surface area (Å²) in [7, 11) is 0. The number of fused-ring (bicyclic) bond motifs is 1. The fourth-order valence-electron chi connectivity index (χ4n) is 2.21. The second kappa shape index (κ2) is 5.21. The Morgan fingerprint density at radius 1 is 1.00 bits per heavy atom. The molecule has 1 aromatic carbocycles. The lowest BCUT2D eigenvalue weighted by Crippen LogP contribution is -1.96. The van der Waals surface area contributed by atoms with E-state index >= 15 is 0 Å². The lowest BCUT2D eigenvalue weighted by atomic mass is 10.1. The average Bonchev–Trinajstić information content (AvgIpc) is 2.41. The van der Waals surface area contributed by atoms with Crippen LogP contribution in [-0.2, 0) is 0 Å². The van der Waals surface area contributed by atoms with Gasteiger partial charge in [-0.3, -0.25) is 9.97 Å². The van der Waals surface area contributed by atoms with E-state index in [0.717, 1.165) is 26.9 Å². The van der Waals surface area contributed by atoms with E-state index in [2.05, 4.69) is 63.3 Å². The van der Waals surface area contributed by atoms with Crippen molar-refractivity contribution in [1.82, 2.24) is 9.97 Å². The maximum Gasteiger partial charge on any atom is 0.112 e. The van der Waals surface area contributed by atoms with Crippen LogP contribution in [0.4, 0.5) is 11.4 Å². The fourth-order valence-corrected chi connectivity index (χ4v) is 2.52. The van der Waals surface area contributed by atoms with E-state index in [1.54, 1.807) is 12.4 Å². The topological polar surface area (TPSA) is 37.8 Å². The van der Waals surface area contributed by atoms with Crippen LogP contribution >= 0.6 is 15.9 Å². The number of nitrogens with zero attached hydrogens (tertiary/aromatic N) is 2. The second-order valence-electron chi connectivity index (χ2n) is 4.82. The molecule has 3 nitrogen and oxygen atoms in total. The highest BCUT2D eigenvalue weighted by molar-refractivity contribution is 9.10. The molecule has 4 heteroatoms. The maximum atomic E-state index is 4.45. The summed E-state index contributed by atoms with van der Waals surface area (Å²) < 4.78 is 0.932. The molecule has 100 valence electrons. The fraction of sp³-hybridized carbons (Fsp3) is 0.125. The summed E-state index contributed by atoms with van der Waals surface area (Å²) in [6, 6.07) is 10.3. The van der Waals surface area contributed by atoms with Crippen molar-refractivity contribution in [1.29, 1.82) is 0 Å². The first-order valence-electron chi connectivity index (χ1n) is 6.38. The molecule has 2 aromatic heterocycles. The van der Waals surface area contributed by atoms with Crippen molar-refractivity contribution in [3.05, 3.63) is 58.3 Å². The van der Waals surface area contributed by atoms with Gasteiger partial charge < -0.3 is 5.32 Å². The van der Waals surface area contributed by atoms with Gasteiger partial charge in [0.15, 0.2) is 0 Å². The Kier molecular flexibility index (Phi) is 3.40. The highest BCUT2D eigenvalue weighted by Crippen LogP contribution is 2.27. The van der Waals surface area contributed by atoms with Crippen LogP contribution in [0.1, 0.15) is 11.1 Å². The first-order chi connectivity index (χ1) is 9.63. The van der Waals surface area contributed by atoms with Gasteiger partial charge in [-0.15, -0.1) is 0 Å². The van der Waals surface area contributed by atoms with E-state index in [-0.39, 0.29) is 0 Å². The van der Waals surface area contributed by atoms with Crippen LogP contribution in [0.3, 0.4) is 0 Å². The Hall–Kier alpha value is -1.94. The summed E-state index contributed by atoms with van der Waals surface area (Å²) in [6.07, 6.45) is 3.58. The molecule has 20 heavy (non-hydrogen) atoms.